The van der Waals surface area contributed by atoms with E-state index in [0.29, 0.717) is 15.9 Å². The summed E-state index contributed by atoms with van der Waals surface area (Å²) in [6.45, 7) is 1.78. The average Bonchev–Trinajstić information content (AvgIpc) is 2.73. The molecule has 0 amide bonds. The highest BCUT2D eigenvalue weighted by molar-refractivity contribution is 8.00. The second-order valence-corrected chi connectivity index (χ2v) is 7.93. The zero-order chi connectivity index (χ0) is 23.0. The SMILES string of the molecule is Cc1cc2[nH]c(=O)c(=O)[nH]c2cc1SNc1ccc(-c2cccc(O)c2)c(C(F)(F)F)c1. The maximum absolute atomic E-state index is 13.7. The molecule has 0 aliphatic carbocycles. The molecule has 1 aromatic heterocycles. The fraction of sp³-hybridized carbons (Fsp3) is 0.0909. The molecule has 164 valence electrons. The lowest BCUT2D eigenvalue weighted by molar-refractivity contribution is -0.137. The van der Waals surface area contributed by atoms with Gasteiger partial charge in [-0.3, -0.25) is 9.59 Å². The van der Waals surface area contributed by atoms with Gasteiger partial charge in [-0.05, 0) is 72.0 Å². The monoisotopic (exact) mass is 459 g/mol. The molecule has 32 heavy (non-hydrogen) atoms. The molecule has 0 aliphatic heterocycles. The van der Waals surface area contributed by atoms with Crippen LogP contribution in [0.5, 0.6) is 5.75 Å². The molecular weight excluding hydrogens is 443 g/mol. The van der Waals surface area contributed by atoms with Gasteiger partial charge in [0.25, 0.3) is 0 Å². The lowest BCUT2D eigenvalue weighted by atomic mass is 9.98. The second-order valence-electron chi connectivity index (χ2n) is 7.08. The van der Waals surface area contributed by atoms with Gasteiger partial charge in [-0.15, -0.1) is 0 Å². The van der Waals surface area contributed by atoms with Gasteiger partial charge in [-0.2, -0.15) is 13.2 Å². The molecule has 0 radical (unpaired) electrons. The van der Waals surface area contributed by atoms with Crippen molar-refractivity contribution in [1.29, 1.82) is 0 Å². The number of aryl methyl sites for hydroxylation is 1. The Labute approximate surface area is 183 Å². The van der Waals surface area contributed by atoms with Crippen LogP contribution in [0.3, 0.4) is 0 Å². The normalized spacial score (nSPS) is 11.6. The van der Waals surface area contributed by atoms with Crippen molar-refractivity contribution in [3.05, 3.63) is 86.4 Å². The van der Waals surface area contributed by atoms with Gasteiger partial charge in [0, 0.05) is 10.6 Å². The standard InChI is InChI=1S/C22H16F3N3O3S/c1-11-7-17-18(27-21(31)20(30)26-17)10-19(11)32-28-13-5-6-15(16(9-13)22(23,24)25)12-3-2-4-14(29)8-12/h2-10,28-29H,1H3,(H,26,30)(H,27,31). The number of aromatic nitrogens is 2. The number of aromatic amines is 2. The van der Waals surface area contributed by atoms with Crippen LogP contribution in [0.2, 0.25) is 0 Å². The topological polar surface area (TPSA) is 98.0 Å². The molecule has 10 heteroatoms. The number of phenolic OH excluding ortho intramolecular Hbond substituents is 1. The second kappa shape index (κ2) is 8.12. The third-order valence-corrected chi connectivity index (χ3v) is 5.78. The van der Waals surface area contributed by atoms with Crippen LogP contribution < -0.4 is 15.8 Å². The average molecular weight is 459 g/mol. The summed E-state index contributed by atoms with van der Waals surface area (Å²) < 4.78 is 44.1. The van der Waals surface area contributed by atoms with Crippen molar-refractivity contribution in [2.24, 2.45) is 0 Å². The lowest BCUT2D eigenvalue weighted by Gasteiger charge is -2.16. The number of nitrogens with one attached hydrogen (secondary N) is 3. The summed E-state index contributed by atoms with van der Waals surface area (Å²) in [4.78, 5) is 28.7. The van der Waals surface area contributed by atoms with Gasteiger partial charge in [0.1, 0.15) is 5.75 Å². The van der Waals surface area contributed by atoms with E-state index in [1.54, 1.807) is 19.1 Å². The quantitative estimate of drug-likeness (QED) is 0.253. The summed E-state index contributed by atoms with van der Waals surface area (Å²) in [5.41, 5.74) is -0.362. The van der Waals surface area contributed by atoms with Crippen molar-refractivity contribution in [2.75, 3.05) is 4.72 Å². The van der Waals surface area contributed by atoms with Gasteiger partial charge < -0.3 is 19.8 Å². The summed E-state index contributed by atoms with van der Waals surface area (Å²) >= 11 is 1.08. The Balaban J connectivity index is 1.67. The van der Waals surface area contributed by atoms with Gasteiger partial charge in [0.05, 0.1) is 16.6 Å². The number of H-pyrrole nitrogens is 2. The Morgan fingerprint density at radius 1 is 0.938 bits per heavy atom. The van der Waals surface area contributed by atoms with Crippen molar-refractivity contribution >= 4 is 28.7 Å². The first-order chi connectivity index (χ1) is 15.1. The number of halogens is 3. The number of anilines is 1. The van der Waals surface area contributed by atoms with Crippen LogP contribution >= 0.6 is 11.9 Å². The largest absolute Gasteiger partial charge is 0.508 e. The van der Waals surface area contributed by atoms with E-state index in [1.807, 2.05) is 0 Å². The fourth-order valence-electron chi connectivity index (χ4n) is 3.24. The molecule has 0 saturated heterocycles. The minimum Gasteiger partial charge on any atom is -0.508 e. The Morgan fingerprint density at radius 3 is 2.28 bits per heavy atom. The number of alkyl halides is 3. The molecule has 0 bridgehead atoms. The van der Waals surface area contributed by atoms with Crippen LogP contribution in [0.4, 0.5) is 18.9 Å². The number of fused-ring (bicyclic) bond motifs is 1. The van der Waals surface area contributed by atoms with Crippen molar-refractivity contribution in [3.63, 3.8) is 0 Å². The van der Waals surface area contributed by atoms with Gasteiger partial charge in [0.2, 0.25) is 0 Å². The summed E-state index contributed by atoms with van der Waals surface area (Å²) in [7, 11) is 0. The Bertz CT molecular complexity index is 1440. The molecule has 3 aromatic carbocycles. The first kappa shape index (κ1) is 21.6. The van der Waals surface area contributed by atoms with Crippen molar-refractivity contribution in [3.8, 4) is 16.9 Å². The molecule has 0 aliphatic rings. The molecule has 6 nitrogen and oxygen atoms in total. The van der Waals surface area contributed by atoms with Gasteiger partial charge in [-0.25, -0.2) is 0 Å². The minimum absolute atomic E-state index is 0.0487. The smallest absolute Gasteiger partial charge is 0.417 e. The summed E-state index contributed by atoms with van der Waals surface area (Å²) in [5.74, 6) is -0.125. The molecule has 0 unspecified atom stereocenters. The van der Waals surface area contributed by atoms with E-state index in [1.165, 1.54) is 36.4 Å². The first-order valence-electron chi connectivity index (χ1n) is 9.32. The summed E-state index contributed by atoms with van der Waals surface area (Å²) in [6.07, 6.45) is -4.60. The number of hydrogen-bond donors (Lipinski definition) is 4. The van der Waals surface area contributed by atoms with Crippen molar-refractivity contribution in [1.82, 2.24) is 9.97 Å². The summed E-state index contributed by atoms with van der Waals surface area (Å²) in [5, 5.41) is 9.63. The first-order valence-corrected chi connectivity index (χ1v) is 10.1. The molecule has 0 atom stereocenters. The third kappa shape index (κ3) is 4.35. The molecule has 4 N–H and O–H groups in total. The zero-order valence-corrected chi connectivity index (χ0v) is 17.3. The van der Waals surface area contributed by atoms with E-state index >= 15 is 0 Å². The minimum atomic E-state index is -4.60. The van der Waals surface area contributed by atoms with Gasteiger partial charge in [0.15, 0.2) is 0 Å². The molecule has 1 heterocycles. The maximum atomic E-state index is 13.7. The highest BCUT2D eigenvalue weighted by atomic mass is 32.2. The molecule has 4 rings (SSSR count). The summed E-state index contributed by atoms with van der Waals surface area (Å²) in [6, 6.07) is 12.8. The number of benzene rings is 3. The van der Waals surface area contributed by atoms with E-state index < -0.39 is 22.9 Å². The van der Waals surface area contributed by atoms with E-state index in [4.69, 9.17) is 0 Å². The number of rotatable bonds is 4. The fourth-order valence-corrected chi connectivity index (χ4v) is 4.00. The van der Waals surface area contributed by atoms with Crippen LogP contribution in [-0.2, 0) is 6.18 Å². The third-order valence-electron chi connectivity index (χ3n) is 4.78. The van der Waals surface area contributed by atoms with E-state index in [-0.39, 0.29) is 22.6 Å². The number of aromatic hydroxyl groups is 1. The molecule has 0 saturated carbocycles. The zero-order valence-electron chi connectivity index (χ0n) is 16.5. The lowest BCUT2D eigenvalue weighted by Crippen LogP contribution is -2.28. The Hall–Kier alpha value is -3.66. The molecular formula is C22H16F3N3O3S. The highest BCUT2D eigenvalue weighted by Gasteiger charge is 2.34. The predicted octanol–water partition coefficient (Wildman–Crippen LogP) is 5.04. The Kier molecular flexibility index (Phi) is 5.47. The van der Waals surface area contributed by atoms with E-state index in [2.05, 4.69) is 14.7 Å². The highest BCUT2D eigenvalue weighted by Crippen LogP contribution is 2.40. The van der Waals surface area contributed by atoms with Crippen LogP contribution in [0, 0.1) is 6.92 Å². The number of phenols is 1. The van der Waals surface area contributed by atoms with Crippen LogP contribution in [0.15, 0.2) is 69.1 Å². The van der Waals surface area contributed by atoms with Gasteiger partial charge in [-0.1, -0.05) is 18.2 Å². The van der Waals surface area contributed by atoms with Crippen LogP contribution in [-0.4, -0.2) is 15.1 Å². The predicted molar refractivity (Wildman–Crippen MR) is 118 cm³/mol. The van der Waals surface area contributed by atoms with Crippen molar-refractivity contribution < 1.29 is 18.3 Å². The van der Waals surface area contributed by atoms with Crippen LogP contribution in [0.1, 0.15) is 11.1 Å². The number of hydrogen-bond acceptors (Lipinski definition) is 5. The molecule has 4 aromatic rings. The molecule has 0 fully saturated rings. The maximum Gasteiger partial charge on any atom is 0.417 e. The van der Waals surface area contributed by atoms with E-state index in [0.717, 1.165) is 23.6 Å². The van der Waals surface area contributed by atoms with Gasteiger partial charge >= 0.3 is 17.3 Å². The van der Waals surface area contributed by atoms with Crippen molar-refractivity contribution in [2.45, 2.75) is 18.0 Å². The Morgan fingerprint density at radius 2 is 1.62 bits per heavy atom. The van der Waals surface area contributed by atoms with E-state index in [9.17, 15) is 27.9 Å². The van der Waals surface area contributed by atoms with Crippen LogP contribution in [0.25, 0.3) is 22.2 Å². The molecule has 0 spiro atoms.